The molecule has 0 atom stereocenters. The fraction of sp³-hybridized carbons (Fsp3) is 0.0909. The van der Waals surface area contributed by atoms with Crippen molar-refractivity contribution < 1.29 is 4.79 Å². The summed E-state index contributed by atoms with van der Waals surface area (Å²) in [6, 6.07) is 5.08. The van der Waals surface area contributed by atoms with Crippen molar-refractivity contribution in [2.75, 3.05) is 5.73 Å². The van der Waals surface area contributed by atoms with Gasteiger partial charge in [-0.1, -0.05) is 27.5 Å². The van der Waals surface area contributed by atoms with Gasteiger partial charge >= 0.3 is 0 Å². The van der Waals surface area contributed by atoms with Gasteiger partial charge in [-0.2, -0.15) is 5.10 Å². The molecule has 0 unspecified atom stereocenters. The topological polar surface area (TPSA) is 83.8 Å². The first kappa shape index (κ1) is 12.9. The summed E-state index contributed by atoms with van der Waals surface area (Å²) in [5, 5.41) is 9.48. The molecule has 0 saturated carbocycles. The van der Waals surface area contributed by atoms with Crippen LogP contribution in [0.15, 0.2) is 28.9 Å². The molecule has 0 spiro atoms. The number of nitrogen functional groups attached to an aromatic ring is 1. The number of nitrogens with one attached hydrogen (secondary N) is 2. The maximum absolute atomic E-state index is 11.9. The Morgan fingerprint density at radius 1 is 1.56 bits per heavy atom. The lowest BCUT2D eigenvalue weighted by molar-refractivity contribution is 0.0951. The highest BCUT2D eigenvalue weighted by molar-refractivity contribution is 9.10. The number of rotatable bonds is 3. The second-order valence-electron chi connectivity index (χ2n) is 3.62. The van der Waals surface area contributed by atoms with Crippen LogP contribution in [0.4, 0.5) is 5.82 Å². The molecule has 0 bridgehead atoms. The lowest BCUT2D eigenvalue weighted by Crippen LogP contribution is -2.23. The predicted molar refractivity (Wildman–Crippen MR) is 73.3 cm³/mol. The molecule has 2 aromatic rings. The largest absolute Gasteiger partial charge is 0.384 e. The van der Waals surface area contributed by atoms with Gasteiger partial charge in [-0.05, 0) is 18.2 Å². The molecule has 0 aliphatic rings. The zero-order chi connectivity index (χ0) is 13.1. The van der Waals surface area contributed by atoms with Gasteiger partial charge in [0.15, 0.2) is 0 Å². The summed E-state index contributed by atoms with van der Waals surface area (Å²) in [6.45, 7) is 0.299. The molecular formula is C11H10BrClN4O. The van der Waals surface area contributed by atoms with Crippen molar-refractivity contribution >= 4 is 39.3 Å². The van der Waals surface area contributed by atoms with Crippen molar-refractivity contribution in [2.45, 2.75) is 6.54 Å². The van der Waals surface area contributed by atoms with E-state index in [1.807, 2.05) is 0 Å². The maximum Gasteiger partial charge on any atom is 0.253 e. The average molecular weight is 330 g/mol. The number of aromatic nitrogens is 2. The Morgan fingerprint density at radius 2 is 2.33 bits per heavy atom. The molecular weight excluding hydrogens is 320 g/mol. The molecule has 0 radical (unpaired) electrons. The van der Waals surface area contributed by atoms with Gasteiger partial charge in [0.2, 0.25) is 0 Å². The van der Waals surface area contributed by atoms with Crippen LogP contribution in [0.2, 0.25) is 5.02 Å². The average Bonchev–Trinajstić information content (AvgIpc) is 2.72. The number of hydrogen-bond acceptors (Lipinski definition) is 3. The first-order valence-corrected chi connectivity index (χ1v) is 6.26. The fourth-order valence-corrected chi connectivity index (χ4v) is 2.17. The molecule has 7 heteroatoms. The standard InChI is InChI=1S/C11H10BrClN4O/c12-7-1-2-8(9(13)3-7)11(18)15-4-6-5-16-17-10(6)14/h1-3,5H,4H2,(H,15,18)(H3,14,16,17). The van der Waals surface area contributed by atoms with Crippen LogP contribution in [0, 0.1) is 0 Å². The number of amides is 1. The van der Waals surface area contributed by atoms with Crippen molar-refractivity contribution in [1.29, 1.82) is 0 Å². The van der Waals surface area contributed by atoms with Gasteiger partial charge in [0, 0.05) is 16.6 Å². The van der Waals surface area contributed by atoms with E-state index in [1.165, 1.54) is 0 Å². The number of carbonyl (C=O) groups excluding carboxylic acids is 1. The molecule has 0 aliphatic carbocycles. The Labute approximate surface area is 117 Å². The molecule has 94 valence electrons. The van der Waals surface area contributed by atoms with Gasteiger partial charge in [0.25, 0.3) is 5.91 Å². The molecule has 0 fully saturated rings. The molecule has 18 heavy (non-hydrogen) atoms. The second-order valence-corrected chi connectivity index (χ2v) is 4.94. The highest BCUT2D eigenvalue weighted by atomic mass is 79.9. The van der Waals surface area contributed by atoms with Crippen LogP contribution in [-0.4, -0.2) is 16.1 Å². The first-order valence-electron chi connectivity index (χ1n) is 5.09. The van der Waals surface area contributed by atoms with Crippen LogP contribution in [0.1, 0.15) is 15.9 Å². The zero-order valence-electron chi connectivity index (χ0n) is 9.21. The minimum atomic E-state index is -0.256. The summed E-state index contributed by atoms with van der Waals surface area (Å²) in [7, 11) is 0. The SMILES string of the molecule is Nc1[nH]ncc1CNC(=O)c1ccc(Br)cc1Cl. The zero-order valence-corrected chi connectivity index (χ0v) is 11.5. The normalized spacial score (nSPS) is 10.3. The molecule has 0 saturated heterocycles. The summed E-state index contributed by atoms with van der Waals surface area (Å²) in [5.41, 5.74) is 6.77. The molecule has 0 aliphatic heterocycles. The quantitative estimate of drug-likeness (QED) is 0.808. The smallest absolute Gasteiger partial charge is 0.253 e. The van der Waals surface area contributed by atoms with Crippen molar-refractivity contribution in [3.8, 4) is 0 Å². The van der Waals surface area contributed by atoms with Crippen molar-refractivity contribution in [3.05, 3.63) is 45.0 Å². The predicted octanol–water partition coefficient (Wildman–Crippen LogP) is 2.34. The van der Waals surface area contributed by atoms with E-state index in [0.717, 1.165) is 10.0 Å². The molecule has 1 heterocycles. The van der Waals surface area contributed by atoms with Gasteiger partial charge in [-0.15, -0.1) is 0 Å². The highest BCUT2D eigenvalue weighted by Crippen LogP contribution is 2.21. The van der Waals surface area contributed by atoms with Crippen LogP contribution < -0.4 is 11.1 Å². The number of halogens is 2. The summed E-state index contributed by atoms with van der Waals surface area (Å²) >= 11 is 9.26. The van der Waals surface area contributed by atoms with E-state index in [1.54, 1.807) is 24.4 Å². The summed E-state index contributed by atoms with van der Waals surface area (Å²) in [6.07, 6.45) is 1.57. The number of nitrogens with zero attached hydrogens (tertiary/aromatic N) is 1. The summed E-state index contributed by atoms with van der Waals surface area (Å²) in [4.78, 5) is 11.9. The third kappa shape index (κ3) is 2.83. The third-order valence-corrected chi connectivity index (χ3v) is 3.17. The Balaban J connectivity index is 2.06. The molecule has 1 amide bonds. The van der Waals surface area contributed by atoms with Crippen LogP contribution in [0.25, 0.3) is 0 Å². The molecule has 1 aromatic heterocycles. The lowest BCUT2D eigenvalue weighted by Gasteiger charge is -2.06. The molecule has 5 nitrogen and oxygen atoms in total. The van der Waals surface area contributed by atoms with Crippen LogP contribution >= 0.6 is 27.5 Å². The van der Waals surface area contributed by atoms with E-state index >= 15 is 0 Å². The monoisotopic (exact) mass is 328 g/mol. The number of benzene rings is 1. The fourth-order valence-electron chi connectivity index (χ4n) is 1.41. The molecule has 4 N–H and O–H groups in total. The number of H-pyrrole nitrogens is 1. The third-order valence-electron chi connectivity index (χ3n) is 2.37. The van der Waals surface area contributed by atoms with Crippen molar-refractivity contribution in [1.82, 2.24) is 15.5 Å². The number of aromatic amines is 1. The van der Waals surface area contributed by atoms with E-state index in [-0.39, 0.29) is 5.91 Å². The first-order chi connectivity index (χ1) is 8.58. The van der Waals surface area contributed by atoms with Crippen molar-refractivity contribution in [3.63, 3.8) is 0 Å². The van der Waals surface area contributed by atoms with Gasteiger partial charge in [0.05, 0.1) is 16.8 Å². The van der Waals surface area contributed by atoms with Crippen LogP contribution in [0.3, 0.4) is 0 Å². The Hall–Kier alpha value is -1.53. The molecule has 2 rings (SSSR count). The maximum atomic E-state index is 11.9. The minimum Gasteiger partial charge on any atom is -0.384 e. The number of carbonyl (C=O) groups is 1. The van der Waals surface area contributed by atoms with Gasteiger partial charge in [0.1, 0.15) is 5.82 Å². The summed E-state index contributed by atoms with van der Waals surface area (Å²) < 4.78 is 0.822. The van der Waals surface area contributed by atoms with Gasteiger partial charge in [-0.3, -0.25) is 9.89 Å². The van der Waals surface area contributed by atoms with Crippen LogP contribution in [0.5, 0.6) is 0 Å². The van der Waals surface area contributed by atoms with E-state index < -0.39 is 0 Å². The van der Waals surface area contributed by atoms with E-state index in [4.69, 9.17) is 17.3 Å². The highest BCUT2D eigenvalue weighted by Gasteiger charge is 2.11. The summed E-state index contributed by atoms with van der Waals surface area (Å²) in [5.74, 6) is 0.185. The van der Waals surface area contributed by atoms with Gasteiger partial charge < -0.3 is 11.1 Å². The Morgan fingerprint density at radius 3 is 2.94 bits per heavy atom. The Bertz CT molecular complexity index is 584. The second kappa shape index (κ2) is 5.41. The van der Waals surface area contributed by atoms with E-state index in [0.29, 0.717) is 22.9 Å². The van der Waals surface area contributed by atoms with Crippen LogP contribution in [-0.2, 0) is 6.54 Å². The lowest BCUT2D eigenvalue weighted by atomic mass is 10.2. The molecule has 1 aromatic carbocycles. The number of hydrogen-bond donors (Lipinski definition) is 3. The van der Waals surface area contributed by atoms with Gasteiger partial charge in [-0.25, -0.2) is 0 Å². The minimum absolute atomic E-state index is 0.256. The van der Waals surface area contributed by atoms with Crippen molar-refractivity contribution in [2.24, 2.45) is 0 Å². The Kier molecular flexibility index (Phi) is 3.88. The van der Waals surface area contributed by atoms with E-state index in [9.17, 15) is 4.79 Å². The number of anilines is 1. The number of nitrogens with two attached hydrogens (primary N) is 1. The van der Waals surface area contributed by atoms with E-state index in [2.05, 4.69) is 31.4 Å².